The van der Waals surface area contributed by atoms with Crippen molar-refractivity contribution < 1.29 is 33.7 Å². The number of carbonyl (C=O) groups is 3. The zero-order valence-corrected chi connectivity index (χ0v) is 23.2. The van der Waals surface area contributed by atoms with Crippen molar-refractivity contribution in [1.82, 2.24) is 35.7 Å². The molecule has 1 aromatic heterocycles. The van der Waals surface area contributed by atoms with Crippen molar-refractivity contribution in [2.45, 2.75) is 91.2 Å². The molecule has 11 nitrogen and oxygen atoms in total. The minimum Gasteiger partial charge on any atom is -0.444 e. The molecule has 1 aromatic carbocycles. The predicted molar refractivity (Wildman–Crippen MR) is 138 cm³/mol. The minimum absolute atomic E-state index is 0.00267. The van der Waals surface area contributed by atoms with E-state index in [2.05, 4.69) is 26.2 Å². The second-order valence-electron chi connectivity index (χ2n) is 11.6. The van der Waals surface area contributed by atoms with Gasteiger partial charge in [-0.3, -0.25) is 9.59 Å². The lowest BCUT2D eigenvalue weighted by Gasteiger charge is -2.32. The largest absolute Gasteiger partial charge is 0.444 e. The molecule has 1 aliphatic rings. The van der Waals surface area contributed by atoms with Gasteiger partial charge in [0, 0.05) is 14.5 Å². The number of alkyl halides is 3. The van der Waals surface area contributed by atoms with E-state index < -0.39 is 52.7 Å². The number of nitrogens with one attached hydrogen (secondary N) is 2. The molecule has 0 aliphatic carbocycles. The van der Waals surface area contributed by atoms with Gasteiger partial charge in [0.1, 0.15) is 24.0 Å². The summed E-state index contributed by atoms with van der Waals surface area (Å²) in [6.07, 6.45) is -3.18. The summed E-state index contributed by atoms with van der Waals surface area (Å²) in [6.45, 7) is 8.63. The lowest BCUT2D eigenvalue weighted by Crippen LogP contribution is -2.54. The number of nitrogens with zero attached hydrogens (tertiary/aromatic N) is 5. The monoisotopic (exact) mass is 568 g/mol. The maximum Gasteiger partial charge on any atom is 0.416 e. The first-order valence-electron chi connectivity index (χ1n) is 13.5. The van der Waals surface area contributed by atoms with Crippen molar-refractivity contribution in [3.63, 3.8) is 0 Å². The number of hydrogen-bond acceptors (Lipinski definition) is 7. The number of benzene rings is 1. The minimum atomic E-state index is -4.60. The quantitative estimate of drug-likeness (QED) is 0.522. The first kappa shape index (κ1) is 29.3. The normalized spacial score (nSPS) is 17.2. The first-order valence-corrected chi connectivity index (χ1v) is 12.8. The van der Waals surface area contributed by atoms with Crippen LogP contribution in [0.3, 0.4) is 0 Å². The smallest absolute Gasteiger partial charge is 0.416 e. The van der Waals surface area contributed by atoms with Gasteiger partial charge in [0.05, 0.1) is 11.3 Å². The second kappa shape index (κ2) is 11.8. The molecule has 14 heteroatoms. The Morgan fingerprint density at radius 3 is 2.52 bits per heavy atom. The summed E-state index contributed by atoms with van der Waals surface area (Å²) in [7, 11) is 0. The van der Waals surface area contributed by atoms with E-state index in [4.69, 9.17) is 6.11 Å². The van der Waals surface area contributed by atoms with Gasteiger partial charge in [-0.25, -0.2) is 9.48 Å². The molecule has 3 rings (SSSR count). The Kier molecular flexibility index (Phi) is 8.64. The zero-order valence-electron chi connectivity index (χ0n) is 24.2. The van der Waals surface area contributed by atoms with E-state index in [1.54, 1.807) is 34.6 Å². The highest BCUT2D eigenvalue weighted by atomic mass is 19.4. The topological polar surface area (TPSA) is 131 Å². The third-order valence-electron chi connectivity index (χ3n) is 6.04. The average molecular weight is 569 g/mol. The van der Waals surface area contributed by atoms with Gasteiger partial charge in [0.2, 0.25) is 11.8 Å². The van der Waals surface area contributed by atoms with Gasteiger partial charge < -0.3 is 20.3 Å². The van der Waals surface area contributed by atoms with Crippen LogP contribution in [0.25, 0.3) is 5.69 Å². The average Bonchev–Trinajstić information content (AvgIpc) is 3.57. The van der Waals surface area contributed by atoms with E-state index in [-0.39, 0.29) is 37.7 Å². The number of alkyl carbamates (subject to hydrolysis) is 1. The van der Waals surface area contributed by atoms with Crippen LogP contribution in [0.2, 0.25) is 0 Å². The van der Waals surface area contributed by atoms with Crippen molar-refractivity contribution in [1.29, 1.82) is 0 Å². The number of amides is 3. The molecule has 2 heterocycles. The number of tetrazole rings is 1. The van der Waals surface area contributed by atoms with Gasteiger partial charge in [-0.1, -0.05) is 20.7 Å². The van der Waals surface area contributed by atoms with Crippen molar-refractivity contribution in [3.8, 4) is 5.69 Å². The Morgan fingerprint density at radius 2 is 1.93 bits per heavy atom. The lowest BCUT2D eigenvalue weighted by atomic mass is 9.87. The highest BCUT2D eigenvalue weighted by Gasteiger charge is 2.39. The fourth-order valence-electron chi connectivity index (χ4n) is 4.40. The molecule has 2 atom stereocenters. The molecule has 0 spiro atoms. The molecular formula is C26H36F3N7O4. The Balaban J connectivity index is 1.79. The van der Waals surface area contributed by atoms with E-state index in [0.717, 1.165) is 12.1 Å². The summed E-state index contributed by atoms with van der Waals surface area (Å²) in [5.41, 5.74) is -1.95. The van der Waals surface area contributed by atoms with Crippen LogP contribution >= 0.6 is 0 Å². The Hall–Kier alpha value is -3.71. The number of aromatic nitrogens is 4. The van der Waals surface area contributed by atoms with Crippen molar-refractivity contribution in [2.75, 3.05) is 6.54 Å². The summed E-state index contributed by atoms with van der Waals surface area (Å²) < 4.78 is 54.5. The van der Waals surface area contributed by atoms with Gasteiger partial charge in [-0.2, -0.15) is 13.2 Å². The van der Waals surface area contributed by atoms with Crippen LogP contribution < -0.4 is 10.6 Å². The summed E-state index contributed by atoms with van der Waals surface area (Å²) in [6, 6.07) is 1.09. The molecule has 0 unspecified atom stereocenters. The SMILES string of the molecule is [2H]CC(C)(C)C[C@H](NC(=O)OC(C)(C)C)C(=O)N1CCC[C@H]1C(=O)NCc1cc(C(F)(F)F)ccc1-n1cnnn1. The summed E-state index contributed by atoms with van der Waals surface area (Å²) in [4.78, 5) is 40.8. The van der Waals surface area contributed by atoms with Crippen LogP contribution in [0, 0.1) is 5.41 Å². The summed E-state index contributed by atoms with van der Waals surface area (Å²) in [5.74, 6) is -1.05. The molecule has 0 radical (unpaired) electrons. The van der Waals surface area contributed by atoms with Gasteiger partial charge in [0.15, 0.2) is 0 Å². The highest BCUT2D eigenvalue weighted by molar-refractivity contribution is 5.92. The Labute approximate surface area is 232 Å². The molecule has 1 saturated heterocycles. The predicted octanol–water partition coefficient (Wildman–Crippen LogP) is 3.62. The zero-order chi connectivity index (χ0) is 30.6. The molecule has 0 bridgehead atoms. The van der Waals surface area contributed by atoms with E-state index in [1.165, 1.54) is 22.0 Å². The Bertz CT molecular complexity index is 1230. The first-order chi connectivity index (χ1) is 19.0. The molecule has 2 aromatic rings. The molecule has 1 fully saturated rings. The maximum atomic E-state index is 13.7. The number of likely N-dealkylation sites (tertiary alicyclic amines) is 1. The number of hydrogen-bond donors (Lipinski definition) is 2. The van der Waals surface area contributed by atoms with Crippen LogP contribution in [0.4, 0.5) is 18.0 Å². The van der Waals surface area contributed by atoms with E-state index in [0.29, 0.717) is 12.8 Å². The maximum absolute atomic E-state index is 13.7. The summed E-state index contributed by atoms with van der Waals surface area (Å²) >= 11 is 0. The highest BCUT2D eigenvalue weighted by Crippen LogP contribution is 2.31. The fourth-order valence-corrected chi connectivity index (χ4v) is 4.40. The van der Waals surface area contributed by atoms with E-state index >= 15 is 0 Å². The van der Waals surface area contributed by atoms with Crippen LogP contribution in [0.1, 0.15) is 73.3 Å². The van der Waals surface area contributed by atoms with Crippen LogP contribution in [-0.2, 0) is 27.0 Å². The standard InChI is InChI=1S/C26H36F3N7O4/c1-24(2,3)13-18(32-23(39)40-25(4,5)6)22(38)35-11-7-8-20(35)21(37)30-14-16-12-17(26(27,28)29)9-10-19(16)36-15-31-33-34-36/h9-10,12,15,18,20H,7-8,11,13-14H2,1-6H3,(H,30,37)(H,32,39)/t18-,20-/m0/s1/i1D. The van der Waals surface area contributed by atoms with Gasteiger partial charge in [0.25, 0.3) is 0 Å². The number of carbonyl (C=O) groups excluding carboxylic acids is 3. The summed E-state index contributed by atoms with van der Waals surface area (Å²) in [5, 5.41) is 16.0. The Morgan fingerprint density at radius 1 is 1.20 bits per heavy atom. The third kappa shape index (κ3) is 8.39. The number of ether oxygens (including phenoxy) is 1. The van der Waals surface area contributed by atoms with Gasteiger partial charge >= 0.3 is 12.3 Å². The molecule has 220 valence electrons. The second-order valence-corrected chi connectivity index (χ2v) is 11.6. The van der Waals surface area contributed by atoms with Crippen molar-refractivity contribution in [3.05, 3.63) is 35.7 Å². The number of halogens is 3. The van der Waals surface area contributed by atoms with Gasteiger partial charge in [-0.15, -0.1) is 5.10 Å². The fraction of sp³-hybridized carbons (Fsp3) is 0.615. The van der Waals surface area contributed by atoms with Crippen LogP contribution in [0.5, 0.6) is 0 Å². The van der Waals surface area contributed by atoms with E-state index in [1.807, 2.05) is 0 Å². The van der Waals surface area contributed by atoms with Crippen LogP contribution in [-0.4, -0.2) is 67.2 Å². The molecule has 1 aliphatic heterocycles. The van der Waals surface area contributed by atoms with Crippen LogP contribution in [0.15, 0.2) is 24.5 Å². The molecule has 0 saturated carbocycles. The molecule has 3 amide bonds. The van der Waals surface area contributed by atoms with Crippen molar-refractivity contribution in [2.24, 2.45) is 5.41 Å². The molecular weight excluding hydrogens is 531 g/mol. The van der Waals surface area contributed by atoms with Crippen molar-refractivity contribution >= 4 is 17.9 Å². The molecule has 2 N–H and O–H groups in total. The molecule has 40 heavy (non-hydrogen) atoms. The third-order valence-corrected chi connectivity index (χ3v) is 6.04. The van der Waals surface area contributed by atoms with Gasteiger partial charge in [-0.05, 0) is 79.6 Å². The van der Waals surface area contributed by atoms with E-state index in [9.17, 15) is 27.6 Å². The lowest BCUT2D eigenvalue weighted by molar-refractivity contribution is -0.140. The number of rotatable bonds is 7.